The number of piperidine rings is 1. The fourth-order valence-electron chi connectivity index (χ4n) is 4.90. The molecule has 2 fully saturated rings. The first kappa shape index (κ1) is 23.8. The highest BCUT2D eigenvalue weighted by molar-refractivity contribution is 5.89. The third-order valence-corrected chi connectivity index (χ3v) is 6.37. The molecule has 3 rings (SSSR count). The Morgan fingerprint density at radius 1 is 1.16 bits per heavy atom. The number of carbonyl (C=O) groups excluding carboxylic acids is 1. The summed E-state index contributed by atoms with van der Waals surface area (Å²) in [5.74, 6) is 0.456. The van der Waals surface area contributed by atoms with Crippen molar-refractivity contribution in [3.63, 3.8) is 0 Å². The van der Waals surface area contributed by atoms with Crippen molar-refractivity contribution in [3.05, 3.63) is 42.0 Å². The molecule has 1 heterocycles. The molecule has 7 heteroatoms. The number of nitrogens with zero attached hydrogens (tertiary/aromatic N) is 1. The molecular formula is C24H32F3NO3. The van der Waals surface area contributed by atoms with Gasteiger partial charge >= 0.3 is 6.36 Å². The fraction of sp³-hybridized carbons (Fsp3) is 0.625. The number of rotatable bonds is 9. The van der Waals surface area contributed by atoms with E-state index >= 15 is 0 Å². The summed E-state index contributed by atoms with van der Waals surface area (Å²) < 4.78 is 40.4. The minimum absolute atomic E-state index is 0.00147. The number of hydrogen-bond acceptors (Lipinski definition) is 4. The highest BCUT2D eigenvalue weighted by Gasteiger charge is 2.35. The zero-order chi connectivity index (χ0) is 22.3. The van der Waals surface area contributed by atoms with Crippen LogP contribution in [0.4, 0.5) is 13.2 Å². The van der Waals surface area contributed by atoms with E-state index in [-0.39, 0.29) is 11.5 Å². The van der Waals surface area contributed by atoms with Crippen LogP contribution in [0.15, 0.2) is 36.4 Å². The van der Waals surface area contributed by atoms with Gasteiger partial charge in [-0.1, -0.05) is 31.1 Å². The molecule has 0 aromatic heterocycles. The van der Waals surface area contributed by atoms with Crippen LogP contribution in [0.25, 0.3) is 0 Å². The van der Waals surface area contributed by atoms with E-state index in [9.17, 15) is 23.1 Å². The summed E-state index contributed by atoms with van der Waals surface area (Å²) in [5.41, 5.74) is 0.793. The standard InChI is InChI=1S/C24H32F3NO3/c25-24(26,27)31-21-15-13-18(14-16-21)6-3-9-20(29)10-4-12-23(30)28-17-5-8-19-7-1-2-11-22(19)28/h3,9,13-16,19,22-23,30H,1-2,4-8,10-12,17H2/b9-3+. The Morgan fingerprint density at radius 3 is 2.61 bits per heavy atom. The zero-order valence-electron chi connectivity index (χ0n) is 17.8. The molecular weight excluding hydrogens is 407 g/mol. The number of hydrogen-bond donors (Lipinski definition) is 1. The van der Waals surface area contributed by atoms with E-state index in [0.29, 0.717) is 31.7 Å². The lowest BCUT2D eigenvalue weighted by Gasteiger charge is -2.46. The number of fused-ring (bicyclic) bond motifs is 1. The summed E-state index contributed by atoms with van der Waals surface area (Å²) in [5, 5.41) is 10.7. The summed E-state index contributed by atoms with van der Waals surface area (Å²) in [6, 6.07) is 6.11. The van der Waals surface area contributed by atoms with Gasteiger partial charge in [0.05, 0.1) is 0 Å². The number of likely N-dealkylation sites (tertiary alicyclic amines) is 1. The molecule has 1 aliphatic heterocycles. The lowest BCUT2D eigenvalue weighted by molar-refractivity contribution is -0.274. The van der Waals surface area contributed by atoms with Crippen molar-refractivity contribution in [3.8, 4) is 5.75 Å². The first-order chi connectivity index (χ1) is 14.8. The molecule has 172 valence electrons. The average molecular weight is 440 g/mol. The van der Waals surface area contributed by atoms with Crippen LogP contribution in [0.5, 0.6) is 5.75 Å². The third kappa shape index (κ3) is 7.65. The molecule has 4 nitrogen and oxygen atoms in total. The Balaban J connectivity index is 1.36. The van der Waals surface area contributed by atoms with Gasteiger partial charge in [-0.2, -0.15) is 0 Å². The van der Waals surface area contributed by atoms with Crippen LogP contribution in [0, 0.1) is 5.92 Å². The molecule has 1 saturated heterocycles. The molecule has 3 unspecified atom stereocenters. The van der Waals surface area contributed by atoms with Gasteiger partial charge in [-0.25, -0.2) is 0 Å². The number of allylic oxidation sites excluding steroid dienone is 2. The number of aliphatic hydroxyl groups is 1. The summed E-state index contributed by atoms with van der Waals surface area (Å²) >= 11 is 0. The smallest absolute Gasteiger partial charge is 0.406 e. The van der Waals surface area contributed by atoms with Crippen molar-refractivity contribution < 1.29 is 27.8 Å². The van der Waals surface area contributed by atoms with Crippen LogP contribution in [0.1, 0.15) is 63.4 Å². The van der Waals surface area contributed by atoms with E-state index in [2.05, 4.69) is 9.64 Å². The van der Waals surface area contributed by atoms with Gasteiger partial charge < -0.3 is 9.84 Å². The molecule has 1 aliphatic carbocycles. The topological polar surface area (TPSA) is 49.8 Å². The van der Waals surface area contributed by atoms with Crippen LogP contribution in [-0.4, -0.2) is 41.0 Å². The molecule has 2 aliphatic rings. The van der Waals surface area contributed by atoms with Gasteiger partial charge in [0.15, 0.2) is 5.78 Å². The summed E-state index contributed by atoms with van der Waals surface area (Å²) in [7, 11) is 0. The van der Waals surface area contributed by atoms with E-state index in [1.807, 2.05) is 0 Å². The second-order valence-corrected chi connectivity index (χ2v) is 8.63. The van der Waals surface area contributed by atoms with Crippen molar-refractivity contribution in [1.82, 2.24) is 4.90 Å². The molecule has 3 atom stereocenters. The minimum atomic E-state index is -4.70. The quantitative estimate of drug-likeness (QED) is 0.524. The van der Waals surface area contributed by atoms with Gasteiger partial charge in [0.2, 0.25) is 0 Å². The Kier molecular flexibility index (Phi) is 8.55. The molecule has 0 amide bonds. The van der Waals surface area contributed by atoms with Gasteiger partial charge in [-0.05, 0) is 74.6 Å². The molecule has 31 heavy (non-hydrogen) atoms. The van der Waals surface area contributed by atoms with E-state index < -0.39 is 12.6 Å². The molecule has 0 bridgehead atoms. The molecule has 1 N–H and O–H groups in total. The number of alkyl halides is 3. The fourth-order valence-corrected chi connectivity index (χ4v) is 4.90. The Hall–Kier alpha value is -1.86. The zero-order valence-corrected chi connectivity index (χ0v) is 17.8. The van der Waals surface area contributed by atoms with Gasteiger partial charge in [0.25, 0.3) is 0 Å². The predicted molar refractivity (Wildman–Crippen MR) is 113 cm³/mol. The van der Waals surface area contributed by atoms with Gasteiger partial charge in [-0.3, -0.25) is 9.69 Å². The molecule has 0 spiro atoms. The van der Waals surface area contributed by atoms with Crippen LogP contribution >= 0.6 is 0 Å². The summed E-state index contributed by atoms with van der Waals surface area (Å²) in [6.45, 7) is 0.947. The predicted octanol–water partition coefficient (Wildman–Crippen LogP) is 5.40. The van der Waals surface area contributed by atoms with E-state index in [1.165, 1.54) is 50.3 Å². The van der Waals surface area contributed by atoms with Crippen LogP contribution < -0.4 is 4.74 Å². The maximum Gasteiger partial charge on any atom is 0.573 e. The number of aliphatic hydroxyl groups excluding tert-OH is 1. The SMILES string of the molecule is O=C(/C=C/Cc1ccc(OC(F)(F)F)cc1)CCCC(O)N1CCCC2CCCCC21. The average Bonchev–Trinajstić information content (AvgIpc) is 2.73. The number of ketones is 1. The van der Waals surface area contributed by atoms with E-state index in [0.717, 1.165) is 24.4 Å². The first-order valence-electron chi connectivity index (χ1n) is 11.3. The lowest BCUT2D eigenvalue weighted by Crippen LogP contribution is -2.51. The second kappa shape index (κ2) is 11.1. The summed E-state index contributed by atoms with van der Waals surface area (Å²) in [4.78, 5) is 14.4. The second-order valence-electron chi connectivity index (χ2n) is 8.63. The molecule has 1 saturated carbocycles. The lowest BCUT2D eigenvalue weighted by atomic mass is 9.78. The monoisotopic (exact) mass is 439 g/mol. The molecule has 1 aromatic carbocycles. The van der Waals surface area contributed by atoms with Crippen molar-refractivity contribution >= 4 is 5.78 Å². The van der Waals surface area contributed by atoms with E-state index in [4.69, 9.17) is 0 Å². The minimum Gasteiger partial charge on any atom is -0.406 e. The Morgan fingerprint density at radius 2 is 1.87 bits per heavy atom. The number of halogens is 3. The number of carbonyl (C=O) groups is 1. The van der Waals surface area contributed by atoms with Gasteiger partial charge in [0.1, 0.15) is 12.0 Å². The Bertz CT molecular complexity index is 731. The van der Waals surface area contributed by atoms with Crippen LogP contribution in [0.2, 0.25) is 0 Å². The normalized spacial score (nSPS) is 23.5. The largest absolute Gasteiger partial charge is 0.573 e. The van der Waals surface area contributed by atoms with E-state index in [1.54, 1.807) is 18.2 Å². The Labute approximate surface area is 182 Å². The first-order valence-corrected chi connectivity index (χ1v) is 11.3. The van der Waals surface area contributed by atoms with Crippen molar-refractivity contribution in [2.24, 2.45) is 5.92 Å². The number of benzene rings is 1. The van der Waals surface area contributed by atoms with Crippen LogP contribution in [0.3, 0.4) is 0 Å². The summed E-state index contributed by atoms with van der Waals surface area (Å²) in [6.07, 6.45) is 7.55. The van der Waals surface area contributed by atoms with Crippen LogP contribution in [-0.2, 0) is 11.2 Å². The molecule has 1 aromatic rings. The maximum absolute atomic E-state index is 12.2. The van der Waals surface area contributed by atoms with Crippen molar-refractivity contribution in [1.29, 1.82) is 0 Å². The molecule has 0 radical (unpaired) electrons. The van der Waals surface area contributed by atoms with Gasteiger partial charge in [0, 0.05) is 19.0 Å². The van der Waals surface area contributed by atoms with Gasteiger partial charge in [-0.15, -0.1) is 13.2 Å². The highest BCUT2D eigenvalue weighted by atomic mass is 19.4. The van der Waals surface area contributed by atoms with Crippen molar-refractivity contribution in [2.45, 2.75) is 82.8 Å². The van der Waals surface area contributed by atoms with Crippen molar-refractivity contribution in [2.75, 3.05) is 6.54 Å². The maximum atomic E-state index is 12.2. The third-order valence-electron chi connectivity index (χ3n) is 6.37. The number of ether oxygens (including phenoxy) is 1. The highest BCUT2D eigenvalue weighted by Crippen LogP contribution is 2.36.